The first-order valence-corrected chi connectivity index (χ1v) is 8.19. The number of ether oxygens (including phenoxy) is 1. The number of hydrogen-bond acceptors (Lipinski definition) is 4. The van der Waals surface area contributed by atoms with E-state index in [0.29, 0.717) is 18.4 Å². The lowest BCUT2D eigenvalue weighted by molar-refractivity contribution is 0.178. The van der Waals surface area contributed by atoms with Gasteiger partial charge in [-0.05, 0) is 54.0 Å². The molecular weight excluding hydrogens is 316 g/mol. The Labute approximate surface area is 148 Å². The van der Waals surface area contributed by atoms with Crippen molar-refractivity contribution in [3.05, 3.63) is 77.0 Å². The minimum Gasteiger partial charge on any atom is -0.508 e. The van der Waals surface area contributed by atoms with Gasteiger partial charge in [-0.3, -0.25) is 0 Å². The molecule has 2 aromatic carbocycles. The Morgan fingerprint density at radius 3 is 2.44 bits per heavy atom. The first-order valence-electron chi connectivity index (χ1n) is 8.19. The van der Waals surface area contributed by atoms with Gasteiger partial charge in [0.1, 0.15) is 11.5 Å². The molecule has 0 heterocycles. The van der Waals surface area contributed by atoms with Gasteiger partial charge in [0, 0.05) is 12.8 Å². The molecule has 0 aliphatic carbocycles. The van der Waals surface area contributed by atoms with Crippen molar-refractivity contribution in [2.45, 2.75) is 32.0 Å². The summed E-state index contributed by atoms with van der Waals surface area (Å²) in [6.45, 7) is 1.89. The highest BCUT2D eigenvalue weighted by molar-refractivity contribution is 5.30. The van der Waals surface area contributed by atoms with Gasteiger partial charge in [-0.1, -0.05) is 24.3 Å². The van der Waals surface area contributed by atoms with E-state index in [-0.39, 0.29) is 5.75 Å². The summed E-state index contributed by atoms with van der Waals surface area (Å²) in [6, 6.07) is 13.9. The Hall–Kier alpha value is -2.52. The van der Waals surface area contributed by atoms with Crippen molar-refractivity contribution in [3.63, 3.8) is 0 Å². The Balaban J connectivity index is 1.94. The molecule has 3 N–H and O–H groups in total. The number of rotatable bonds is 7. The van der Waals surface area contributed by atoms with Crippen LogP contribution in [0.1, 0.15) is 43.1 Å². The predicted octanol–water partition coefficient (Wildman–Crippen LogP) is 4.05. The summed E-state index contributed by atoms with van der Waals surface area (Å²) in [7, 11) is 1.61. The second kappa shape index (κ2) is 9.09. The summed E-state index contributed by atoms with van der Waals surface area (Å²) >= 11 is 0. The van der Waals surface area contributed by atoms with Gasteiger partial charge in [0.05, 0.1) is 19.3 Å². The number of phenols is 1. The smallest absolute Gasteiger partial charge is 0.118 e. The Bertz CT molecular complexity index is 743. The van der Waals surface area contributed by atoms with Crippen molar-refractivity contribution in [2.75, 3.05) is 7.11 Å². The highest BCUT2D eigenvalue weighted by Gasteiger charge is 2.09. The van der Waals surface area contributed by atoms with Crippen LogP contribution < -0.4 is 4.74 Å². The lowest BCUT2D eigenvalue weighted by Crippen LogP contribution is -1.98. The average Bonchev–Trinajstić information content (AvgIpc) is 2.61. The third-order valence-corrected chi connectivity index (χ3v) is 3.94. The monoisotopic (exact) mass is 340 g/mol. The second-order valence-corrected chi connectivity index (χ2v) is 5.97. The molecule has 0 saturated carbocycles. The van der Waals surface area contributed by atoms with E-state index < -0.39 is 12.2 Å². The fourth-order valence-corrected chi connectivity index (χ4v) is 2.51. The molecule has 4 nitrogen and oxygen atoms in total. The summed E-state index contributed by atoms with van der Waals surface area (Å²) < 4.78 is 5.11. The summed E-state index contributed by atoms with van der Waals surface area (Å²) in [5.41, 5.74) is 5.48. The molecule has 132 valence electrons. The van der Waals surface area contributed by atoms with Crippen LogP contribution in [-0.4, -0.2) is 22.4 Å². The maximum Gasteiger partial charge on any atom is 0.118 e. The molecule has 0 fully saturated rings. The minimum absolute atomic E-state index is 0.134. The second-order valence-electron chi connectivity index (χ2n) is 5.97. The Morgan fingerprint density at radius 2 is 1.80 bits per heavy atom. The average molecular weight is 340 g/mol. The lowest BCUT2D eigenvalue weighted by Gasteiger charge is -2.11. The van der Waals surface area contributed by atoms with Crippen molar-refractivity contribution in [3.8, 4) is 11.5 Å². The number of phenolic OH excluding ortho intramolecular Hbond substituents is 1. The number of hydrogen-bond donors (Lipinski definition) is 3. The van der Waals surface area contributed by atoms with Gasteiger partial charge < -0.3 is 20.1 Å². The predicted molar refractivity (Wildman–Crippen MR) is 97.5 cm³/mol. The van der Waals surface area contributed by atoms with Gasteiger partial charge in [-0.15, -0.1) is 5.73 Å². The Morgan fingerprint density at radius 1 is 1.08 bits per heavy atom. The number of methoxy groups -OCH3 is 1. The van der Waals surface area contributed by atoms with Gasteiger partial charge in [0.25, 0.3) is 0 Å². The molecule has 0 unspecified atom stereocenters. The van der Waals surface area contributed by atoms with Crippen molar-refractivity contribution in [1.82, 2.24) is 0 Å². The highest BCUT2D eigenvalue weighted by Crippen LogP contribution is 2.23. The first-order chi connectivity index (χ1) is 12.0. The number of aliphatic hydroxyl groups is 2. The SMILES string of the molecule is COc1ccc([C@H](O)CC(C)=C=CC[C@@H](O)c2cccc(O)c2)cc1. The van der Waals surface area contributed by atoms with Crippen LogP contribution in [-0.2, 0) is 0 Å². The van der Waals surface area contributed by atoms with Crippen molar-refractivity contribution >= 4 is 0 Å². The van der Waals surface area contributed by atoms with Crippen LogP contribution in [0.4, 0.5) is 0 Å². The number of benzene rings is 2. The summed E-state index contributed by atoms with van der Waals surface area (Å²) in [4.78, 5) is 0. The highest BCUT2D eigenvalue weighted by atomic mass is 16.5. The molecule has 2 aromatic rings. The molecule has 0 aliphatic heterocycles. The number of aromatic hydroxyl groups is 1. The van der Waals surface area contributed by atoms with Crippen LogP contribution in [0.25, 0.3) is 0 Å². The van der Waals surface area contributed by atoms with Crippen LogP contribution in [0.5, 0.6) is 11.5 Å². The molecule has 0 aromatic heterocycles. The topological polar surface area (TPSA) is 69.9 Å². The molecule has 4 heteroatoms. The largest absolute Gasteiger partial charge is 0.508 e. The van der Waals surface area contributed by atoms with E-state index in [0.717, 1.165) is 16.9 Å². The fourth-order valence-electron chi connectivity index (χ4n) is 2.51. The molecule has 2 atom stereocenters. The maximum atomic E-state index is 10.3. The summed E-state index contributed by atoms with van der Waals surface area (Å²) in [5.74, 6) is 0.888. The third-order valence-electron chi connectivity index (χ3n) is 3.94. The van der Waals surface area contributed by atoms with E-state index >= 15 is 0 Å². The molecule has 2 rings (SSSR count). The molecule has 0 aliphatic rings. The van der Waals surface area contributed by atoms with Crippen LogP contribution >= 0.6 is 0 Å². The van der Waals surface area contributed by atoms with E-state index in [1.54, 1.807) is 37.5 Å². The van der Waals surface area contributed by atoms with Gasteiger partial charge >= 0.3 is 0 Å². The van der Waals surface area contributed by atoms with Gasteiger partial charge in [0.15, 0.2) is 0 Å². The van der Waals surface area contributed by atoms with E-state index in [1.807, 2.05) is 31.2 Å². The summed E-state index contributed by atoms with van der Waals surface area (Å²) in [6.07, 6.45) is 1.30. The lowest BCUT2D eigenvalue weighted by atomic mass is 10.0. The molecule has 0 spiro atoms. The van der Waals surface area contributed by atoms with Crippen LogP contribution in [0.2, 0.25) is 0 Å². The zero-order valence-corrected chi connectivity index (χ0v) is 14.5. The fraction of sp³-hybridized carbons (Fsp3) is 0.286. The van der Waals surface area contributed by atoms with Gasteiger partial charge in [0.2, 0.25) is 0 Å². The van der Waals surface area contributed by atoms with Crippen molar-refractivity contribution in [1.29, 1.82) is 0 Å². The van der Waals surface area contributed by atoms with Gasteiger partial charge in [-0.25, -0.2) is 0 Å². The van der Waals surface area contributed by atoms with E-state index in [9.17, 15) is 15.3 Å². The zero-order chi connectivity index (χ0) is 18.2. The minimum atomic E-state index is -0.695. The van der Waals surface area contributed by atoms with Crippen LogP contribution in [0.15, 0.2) is 65.9 Å². The van der Waals surface area contributed by atoms with Crippen LogP contribution in [0, 0.1) is 0 Å². The molecule has 0 amide bonds. The van der Waals surface area contributed by atoms with E-state index in [1.165, 1.54) is 0 Å². The molecule has 0 radical (unpaired) electrons. The van der Waals surface area contributed by atoms with Crippen molar-refractivity contribution < 1.29 is 20.1 Å². The van der Waals surface area contributed by atoms with E-state index in [4.69, 9.17) is 4.74 Å². The molecular formula is C21H24O4. The Kier molecular flexibility index (Phi) is 6.84. The molecule has 0 bridgehead atoms. The summed E-state index contributed by atoms with van der Waals surface area (Å²) in [5, 5.41) is 29.8. The molecule has 0 saturated heterocycles. The quantitative estimate of drug-likeness (QED) is 0.665. The number of aliphatic hydroxyl groups excluding tert-OH is 2. The normalized spacial score (nSPS) is 12.8. The molecule has 25 heavy (non-hydrogen) atoms. The standard InChI is InChI=1S/C21H24O4/c1-15(13-21(24)16-9-11-19(25-2)12-10-16)5-3-8-20(23)17-6-4-7-18(22)14-17/h3-4,6-7,9-12,14,20-24H,8,13H2,1-2H3/t5?,20-,21-/m1/s1. The third kappa shape index (κ3) is 5.80. The van der Waals surface area contributed by atoms with Crippen LogP contribution in [0.3, 0.4) is 0 Å². The van der Waals surface area contributed by atoms with E-state index in [2.05, 4.69) is 5.73 Å². The van der Waals surface area contributed by atoms with Crippen molar-refractivity contribution in [2.24, 2.45) is 0 Å². The first kappa shape index (κ1) is 18.8. The zero-order valence-electron chi connectivity index (χ0n) is 14.5. The maximum absolute atomic E-state index is 10.3. The van der Waals surface area contributed by atoms with Gasteiger partial charge in [-0.2, -0.15) is 0 Å².